The quantitative estimate of drug-likeness (QED) is 0.0607. The van der Waals surface area contributed by atoms with Crippen LogP contribution >= 0.6 is 0 Å². The topological polar surface area (TPSA) is 274 Å². The molecule has 51 heavy (non-hydrogen) atoms. The number of ether oxygens (including phenoxy) is 10. The van der Waals surface area contributed by atoms with Gasteiger partial charge >= 0.3 is 0 Å². The highest BCUT2D eigenvalue weighted by atomic mass is 16.7. The second-order valence-corrected chi connectivity index (χ2v) is 12.3. The minimum absolute atomic E-state index is 0.0556. The van der Waals surface area contributed by atoms with Gasteiger partial charge in [0, 0.05) is 39.1 Å². The molecule has 3 rings (SSSR count). The fourth-order valence-corrected chi connectivity index (χ4v) is 5.60. The SMILES string of the molecule is COC1OC(CO)C(C)C(O)C1OCCO.COC1OC(COCCO)C(C)C(O)C1O.COC1OC(COCCO)C(C)C(O)C1OCCO. The Hall–Kier alpha value is -0.760. The van der Waals surface area contributed by atoms with E-state index in [-0.39, 0.29) is 103 Å². The smallest absolute Gasteiger partial charge is 0.186 e. The van der Waals surface area contributed by atoms with Crippen LogP contribution in [0.3, 0.4) is 0 Å². The summed E-state index contributed by atoms with van der Waals surface area (Å²) in [6, 6.07) is 0. The first-order valence-electron chi connectivity index (χ1n) is 17.1. The molecule has 0 aromatic heterocycles. The molecular weight excluding hydrogens is 688 g/mol. The Morgan fingerprint density at radius 2 is 0.804 bits per heavy atom. The highest BCUT2D eigenvalue weighted by molar-refractivity contribution is 4.89. The third-order valence-electron chi connectivity index (χ3n) is 8.86. The summed E-state index contributed by atoms with van der Waals surface area (Å²) in [4.78, 5) is 0. The van der Waals surface area contributed by atoms with Crippen LogP contribution in [-0.2, 0) is 47.4 Å². The number of aliphatic hydroxyl groups is 9. The largest absolute Gasteiger partial charge is 0.394 e. The fraction of sp³-hybridized carbons (Fsp3) is 1.00. The van der Waals surface area contributed by atoms with Gasteiger partial charge in [-0.05, 0) is 0 Å². The van der Waals surface area contributed by atoms with Gasteiger partial charge in [0.15, 0.2) is 18.9 Å². The number of rotatable bonds is 18. The predicted octanol–water partition coefficient (Wildman–Crippen LogP) is -3.81. The minimum atomic E-state index is -1.05. The first-order chi connectivity index (χ1) is 24.4. The predicted molar refractivity (Wildman–Crippen MR) is 175 cm³/mol. The molecule has 0 amide bonds. The highest BCUT2D eigenvalue weighted by Crippen LogP contribution is 2.30. The van der Waals surface area contributed by atoms with Crippen LogP contribution in [0.5, 0.6) is 0 Å². The van der Waals surface area contributed by atoms with Crippen molar-refractivity contribution in [1.29, 1.82) is 0 Å². The van der Waals surface area contributed by atoms with Gasteiger partial charge in [0.1, 0.15) is 18.3 Å². The normalized spacial score (nSPS) is 38.3. The molecule has 3 fully saturated rings. The van der Waals surface area contributed by atoms with Crippen LogP contribution in [0.25, 0.3) is 0 Å². The van der Waals surface area contributed by atoms with Gasteiger partial charge < -0.3 is 93.3 Å². The van der Waals surface area contributed by atoms with Crippen LogP contribution in [-0.4, -0.2) is 214 Å². The summed E-state index contributed by atoms with van der Waals surface area (Å²) >= 11 is 0. The molecule has 0 aromatic carbocycles. The van der Waals surface area contributed by atoms with Gasteiger partial charge in [-0.1, -0.05) is 20.8 Å². The maximum absolute atomic E-state index is 10.2. The maximum Gasteiger partial charge on any atom is 0.186 e. The Balaban J connectivity index is 0.000000385. The molecule has 3 heterocycles. The molecule has 15 unspecified atom stereocenters. The number of aliphatic hydroxyl groups excluding tert-OH is 9. The second kappa shape index (κ2) is 26.9. The molecule has 15 atom stereocenters. The van der Waals surface area contributed by atoms with Gasteiger partial charge in [-0.2, -0.15) is 0 Å². The average molecular weight is 753 g/mol. The van der Waals surface area contributed by atoms with Crippen molar-refractivity contribution in [2.24, 2.45) is 17.8 Å². The molecule has 3 saturated heterocycles. The molecule has 0 spiro atoms. The van der Waals surface area contributed by atoms with Gasteiger partial charge in [-0.25, -0.2) is 0 Å². The molecular formula is C32H64O19. The summed E-state index contributed by atoms with van der Waals surface area (Å²) in [7, 11) is 4.31. The summed E-state index contributed by atoms with van der Waals surface area (Å²) < 4.78 is 52.7. The standard InChI is InChI=1S/C12H24O7.2C10H20O6/c1-8-9(7-17-5-3-13)19-12(16-2)11(10(8)15)18-6-4-14;1-6-7(5-15-4-3-11)16-10(14-2)9(13)8(6)12;1-6-7(5-12)16-10(14-2)9(8(6)13)15-4-3-11/h8-15H,3-7H2,1-2H3;2*6-13H,3-5H2,1-2H3. The molecule has 0 saturated carbocycles. The Kier molecular flexibility index (Phi) is 25.5. The summed E-state index contributed by atoms with van der Waals surface area (Å²) in [5.74, 6) is -0.700. The molecule has 9 N–H and O–H groups in total. The monoisotopic (exact) mass is 752 g/mol. The number of methoxy groups -OCH3 is 3. The molecule has 0 aromatic rings. The maximum atomic E-state index is 10.2. The van der Waals surface area contributed by atoms with Crippen molar-refractivity contribution in [3.63, 3.8) is 0 Å². The zero-order valence-electron chi connectivity index (χ0n) is 30.5. The summed E-state index contributed by atoms with van der Waals surface area (Å²) in [5.41, 5.74) is 0. The lowest BCUT2D eigenvalue weighted by atomic mass is 9.91. The second-order valence-electron chi connectivity index (χ2n) is 12.3. The van der Waals surface area contributed by atoms with E-state index in [0.29, 0.717) is 0 Å². The third-order valence-corrected chi connectivity index (χ3v) is 8.86. The van der Waals surface area contributed by atoms with Crippen molar-refractivity contribution < 1.29 is 93.3 Å². The van der Waals surface area contributed by atoms with E-state index in [4.69, 9.17) is 72.9 Å². The first kappa shape index (κ1) is 48.3. The van der Waals surface area contributed by atoms with E-state index in [1.54, 1.807) is 13.8 Å². The van der Waals surface area contributed by atoms with E-state index < -0.39 is 61.6 Å². The van der Waals surface area contributed by atoms with E-state index in [9.17, 15) is 20.4 Å². The summed E-state index contributed by atoms with van der Waals surface area (Å²) in [5, 5.41) is 83.4. The van der Waals surface area contributed by atoms with E-state index in [1.807, 2.05) is 6.92 Å². The Bertz CT molecular complexity index is 826. The zero-order chi connectivity index (χ0) is 38.5. The highest BCUT2D eigenvalue weighted by Gasteiger charge is 2.45. The van der Waals surface area contributed by atoms with Crippen LogP contribution < -0.4 is 0 Å². The van der Waals surface area contributed by atoms with Crippen molar-refractivity contribution in [3.8, 4) is 0 Å². The summed E-state index contributed by atoms with van der Waals surface area (Å²) in [6.45, 7) is 6.03. The fourth-order valence-electron chi connectivity index (χ4n) is 5.60. The van der Waals surface area contributed by atoms with Gasteiger partial charge in [0.25, 0.3) is 0 Å². The Morgan fingerprint density at radius 1 is 0.451 bits per heavy atom. The van der Waals surface area contributed by atoms with Crippen molar-refractivity contribution in [1.82, 2.24) is 0 Å². The average Bonchev–Trinajstić information content (AvgIpc) is 3.14. The number of hydrogen-bond donors (Lipinski definition) is 9. The molecule has 19 nitrogen and oxygen atoms in total. The Morgan fingerprint density at radius 3 is 1.18 bits per heavy atom. The van der Waals surface area contributed by atoms with Gasteiger partial charge in [-0.3, -0.25) is 0 Å². The van der Waals surface area contributed by atoms with Crippen molar-refractivity contribution >= 4 is 0 Å². The lowest BCUT2D eigenvalue weighted by molar-refractivity contribution is -0.293. The first-order valence-corrected chi connectivity index (χ1v) is 17.1. The van der Waals surface area contributed by atoms with Crippen molar-refractivity contribution in [3.05, 3.63) is 0 Å². The van der Waals surface area contributed by atoms with Gasteiger partial charge in [0.05, 0.1) is 109 Å². The van der Waals surface area contributed by atoms with Crippen LogP contribution in [0.1, 0.15) is 20.8 Å². The third kappa shape index (κ3) is 15.1. The molecule has 3 aliphatic rings. The minimum Gasteiger partial charge on any atom is -0.394 e. The van der Waals surface area contributed by atoms with Crippen LogP contribution in [0, 0.1) is 17.8 Å². The molecule has 0 bridgehead atoms. The van der Waals surface area contributed by atoms with Gasteiger partial charge in [-0.15, -0.1) is 0 Å². The molecule has 306 valence electrons. The van der Waals surface area contributed by atoms with E-state index in [1.165, 1.54) is 21.3 Å². The van der Waals surface area contributed by atoms with Crippen LogP contribution in [0.2, 0.25) is 0 Å². The van der Waals surface area contributed by atoms with Gasteiger partial charge in [0.2, 0.25) is 0 Å². The lowest BCUT2D eigenvalue weighted by Gasteiger charge is -2.42. The van der Waals surface area contributed by atoms with E-state index in [2.05, 4.69) is 0 Å². The summed E-state index contributed by atoms with van der Waals surface area (Å²) in [6.07, 6.45) is -8.21. The molecule has 0 radical (unpaired) electrons. The van der Waals surface area contributed by atoms with Crippen LogP contribution in [0.4, 0.5) is 0 Å². The van der Waals surface area contributed by atoms with Crippen LogP contribution in [0.15, 0.2) is 0 Å². The molecule has 3 aliphatic heterocycles. The van der Waals surface area contributed by atoms with E-state index >= 15 is 0 Å². The van der Waals surface area contributed by atoms with Crippen molar-refractivity contribution in [2.75, 3.05) is 94.0 Å². The lowest BCUT2D eigenvalue weighted by Crippen LogP contribution is -2.56. The zero-order valence-corrected chi connectivity index (χ0v) is 30.5. The molecule has 0 aliphatic carbocycles. The molecule has 19 heteroatoms. The Labute approximate surface area is 299 Å². The van der Waals surface area contributed by atoms with E-state index in [0.717, 1.165) is 0 Å². The van der Waals surface area contributed by atoms with Crippen molar-refractivity contribution in [2.45, 2.75) is 94.6 Å². The number of hydrogen-bond acceptors (Lipinski definition) is 19.